The van der Waals surface area contributed by atoms with Crippen molar-refractivity contribution in [3.63, 3.8) is 0 Å². The van der Waals surface area contributed by atoms with Crippen LogP contribution < -0.4 is 5.73 Å². The molecule has 268 valence electrons. The third-order valence-corrected chi connectivity index (χ3v) is 10.7. The van der Waals surface area contributed by atoms with Crippen LogP contribution in [0.5, 0.6) is 0 Å². The van der Waals surface area contributed by atoms with Crippen molar-refractivity contribution in [2.45, 2.75) is 12.8 Å². The molecule has 56 heavy (non-hydrogen) atoms. The lowest BCUT2D eigenvalue weighted by Crippen LogP contribution is -2.00. The standard InChI is InChI=1S/C52H36N2.CH5N/c1-4-15-35(16-5-1)42-31-43(36-17-6-2-7-18-36)33-45(32-42)50-49-34-44-30-40(27-28-48(44)51(49)54-52(53-50)38-20-8-3-9-21-38)39-24-14-23-37-19-10-12-25-46(37)47-26-13-11-22-41(47)29-39;1-2/h1-22,24-33H,23,34H2;2H2,1H3/b24-14-,39-29+;. The molecule has 1 heterocycles. The maximum atomic E-state index is 5.39. The Morgan fingerprint density at radius 2 is 1.00 bits per heavy atom. The maximum Gasteiger partial charge on any atom is 0.160 e. The van der Waals surface area contributed by atoms with Crippen molar-refractivity contribution in [3.05, 3.63) is 216 Å². The summed E-state index contributed by atoms with van der Waals surface area (Å²) in [5, 5.41) is 0. The van der Waals surface area contributed by atoms with E-state index in [1.54, 1.807) is 0 Å². The van der Waals surface area contributed by atoms with E-state index in [1.165, 1.54) is 79.4 Å². The van der Waals surface area contributed by atoms with Crippen LogP contribution in [0.2, 0.25) is 0 Å². The molecule has 0 amide bonds. The van der Waals surface area contributed by atoms with Gasteiger partial charge in [-0.25, -0.2) is 9.97 Å². The molecule has 2 aliphatic carbocycles. The maximum absolute atomic E-state index is 5.39. The molecule has 0 aliphatic heterocycles. The normalized spacial score (nSPS) is 13.9. The van der Waals surface area contributed by atoms with Crippen LogP contribution in [0.4, 0.5) is 0 Å². The Kier molecular flexibility index (Phi) is 9.59. The van der Waals surface area contributed by atoms with Crippen molar-refractivity contribution < 1.29 is 0 Å². The molecule has 0 saturated heterocycles. The summed E-state index contributed by atoms with van der Waals surface area (Å²) in [4.78, 5) is 10.7. The SMILES string of the molecule is C1=C\C(c2ccc3c(c2)Cc2c(-c4cc(-c5ccccc5)cc(-c5ccccc5)c4)nc(-c4ccccc4)nc2-3)=C/c2ccccc2-c2ccccc2C/1.CN. The van der Waals surface area contributed by atoms with Crippen molar-refractivity contribution >= 4 is 11.6 Å². The van der Waals surface area contributed by atoms with Crippen molar-refractivity contribution in [2.24, 2.45) is 5.73 Å². The second kappa shape index (κ2) is 15.4. The first-order valence-electron chi connectivity index (χ1n) is 19.2. The summed E-state index contributed by atoms with van der Waals surface area (Å²) in [6.07, 6.45) is 8.58. The molecule has 0 saturated carbocycles. The molecule has 0 bridgehead atoms. The molecule has 3 nitrogen and oxygen atoms in total. The third-order valence-electron chi connectivity index (χ3n) is 10.7. The Hall–Kier alpha value is -6.94. The third kappa shape index (κ3) is 6.70. The average molecular weight is 720 g/mol. The minimum atomic E-state index is 0.741. The predicted molar refractivity (Wildman–Crippen MR) is 235 cm³/mol. The fraction of sp³-hybridized carbons (Fsp3) is 0.0566. The Balaban J connectivity index is 0.00000202. The van der Waals surface area contributed by atoms with Crippen molar-refractivity contribution in [3.8, 4) is 67.3 Å². The van der Waals surface area contributed by atoms with Gasteiger partial charge in [-0.15, -0.1) is 0 Å². The lowest BCUT2D eigenvalue weighted by molar-refractivity contribution is 1.13. The van der Waals surface area contributed by atoms with E-state index in [0.717, 1.165) is 41.2 Å². The molecule has 7 aromatic carbocycles. The van der Waals surface area contributed by atoms with Crippen molar-refractivity contribution in [1.82, 2.24) is 9.97 Å². The van der Waals surface area contributed by atoms with E-state index in [2.05, 4.69) is 194 Å². The number of benzene rings is 7. The number of fused-ring (bicyclic) bond motifs is 6. The van der Waals surface area contributed by atoms with Gasteiger partial charge < -0.3 is 5.73 Å². The summed E-state index contributed by atoms with van der Waals surface area (Å²) in [5.41, 5.74) is 24.5. The zero-order chi connectivity index (χ0) is 37.8. The number of aromatic nitrogens is 2. The monoisotopic (exact) mass is 719 g/mol. The Morgan fingerprint density at radius 1 is 0.429 bits per heavy atom. The molecular weight excluding hydrogens is 679 g/mol. The molecular formula is C53H41N3. The Bertz CT molecular complexity index is 2690. The predicted octanol–water partition coefficient (Wildman–Crippen LogP) is 12.6. The van der Waals surface area contributed by atoms with Gasteiger partial charge in [-0.1, -0.05) is 170 Å². The summed E-state index contributed by atoms with van der Waals surface area (Å²) in [6.45, 7) is 0. The molecule has 2 aliphatic rings. The molecule has 0 spiro atoms. The fourth-order valence-corrected chi connectivity index (χ4v) is 8.07. The van der Waals surface area contributed by atoms with Crippen molar-refractivity contribution in [2.75, 3.05) is 7.05 Å². The number of hydrogen-bond acceptors (Lipinski definition) is 3. The zero-order valence-corrected chi connectivity index (χ0v) is 31.4. The largest absolute Gasteiger partial charge is 0.333 e. The van der Waals surface area contributed by atoms with E-state index in [4.69, 9.17) is 9.97 Å². The summed E-state index contributed by atoms with van der Waals surface area (Å²) >= 11 is 0. The minimum Gasteiger partial charge on any atom is -0.333 e. The molecule has 1 aromatic heterocycles. The van der Waals surface area contributed by atoms with Gasteiger partial charge in [-0.05, 0) is 99.0 Å². The van der Waals surface area contributed by atoms with Crippen LogP contribution in [0, 0.1) is 0 Å². The van der Waals surface area contributed by atoms with Crippen LogP contribution in [0.1, 0.15) is 27.8 Å². The molecule has 0 radical (unpaired) electrons. The Morgan fingerprint density at radius 3 is 1.70 bits per heavy atom. The molecule has 2 N–H and O–H groups in total. The van der Waals surface area contributed by atoms with E-state index in [-0.39, 0.29) is 0 Å². The van der Waals surface area contributed by atoms with Crippen molar-refractivity contribution in [1.29, 1.82) is 0 Å². The van der Waals surface area contributed by atoms with Gasteiger partial charge in [0, 0.05) is 28.7 Å². The van der Waals surface area contributed by atoms with E-state index >= 15 is 0 Å². The number of nitrogens with two attached hydrogens (primary N) is 1. The highest BCUT2D eigenvalue weighted by atomic mass is 14.9. The van der Waals surface area contributed by atoms with Crippen LogP contribution in [-0.2, 0) is 12.8 Å². The van der Waals surface area contributed by atoms with Crippen LogP contribution >= 0.6 is 0 Å². The molecule has 8 aromatic rings. The molecule has 0 unspecified atom stereocenters. The molecule has 0 atom stereocenters. The summed E-state index contributed by atoms with van der Waals surface area (Å²) < 4.78 is 0. The van der Waals surface area contributed by atoms with Gasteiger partial charge in [-0.2, -0.15) is 0 Å². The van der Waals surface area contributed by atoms with Gasteiger partial charge in [0.2, 0.25) is 0 Å². The highest BCUT2D eigenvalue weighted by molar-refractivity contribution is 5.94. The van der Waals surface area contributed by atoms with Gasteiger partial charge in [0.05, 0.1) is 11.4 Å². The van der Waals surface area contributed by atoms with Gasteiger partial charge in [0.1, 0.15) is 0 Å². The second-order valence-electron chi connectivity index (χ2n) is 14.1. The van der Waals surface area contributed by atoms with Gasteiger partial charge >= 0.3 is 0 Å². The summed E-state index contributed by atoms with van der Waals surface area (Å²) in [5.74, 6) is 0.741. The van der Waals surface area contributed by atoms with Crippen LogP contribution in [0.15, 0.2) is 188 Å². The first-order valence-corrected chi connectivity index (χ1v) is 19.2. The van der Waals surface area contributed by atoms with Crippen LogP contribution in [0.25, 0.3) is 78.9 Å². The lowest BCUT2D eigenvalue weighted by Gasteiger charge is -2.14. The average Bonchev–Trinajstić information content (AvgIpc) is 3.68. The van der Waals surface area contributed by atoms with Gasteiger partial charge in [0.25, 0.3) is 0 Å². The molecule has 10 rings (SSSR count). The minimum absolute atomic E-state index is 0.741. The fourth-order valence-electron chi connectivity index (χ4n) is 8.07. The highest BCUT2D eigenvalue weighted by Gasteiger charge is 2.27. The number of allylic oxidation sites excluding steroid dienone is 3. The second-order valence-corrected chi connectivity index (χ2v) is 14.1. The number of hydrogen-bond donors (Lipinski definition) is 1. The smallest absolute Gasteiger partial charge is 0.160 e. The first kappa shape index (κ1) is 34.8. The lowest BCUT2D eigenvalue weighted by atomic mass is 9.93. The van der Waals surface area contributed by atoms with Crippen LogP contribution in [-0.4, -0.2) is 17.0 Å². The van der Waals surface area contributed by atoms with Crippen LogP contribution in [0.3, 0.4) is 0 Å². The molecule has 0 fully saturated rings. The Labute approximate surface area is 329 Å². The first-order chi connectivity index (χ1) is 27.7. The van der Waals surface area contributed by atoms with E-state index in [1.807, 2.05) is 6.07 Å². The zero-order valence-electron chi connectivity index (χ0n) is 31.4. The quantitative estimate of drug-likeness (QED) is 0.193. The van der Waals surface area contributed by atoms with E-state index in [0.29, 0.717) is 0 Å². The molecule has 3 heteroatoms. The van der Waals surface area contributed by atoms with Gasteiger partial charge in [-0.3, -0.25) is 0 Å². The number of nitrogens with zero attached hydrogens (tertiary/aromatic N) is 2. The highest BCUT2D eigenvalue weighted by Crippen LogP contribution is 2.44. The topological polar surface area (TPSA) is 51.8 Å². The van der Waals surface area contributed by atoms with Gasteiger partial charge in [0.15, 0.2) is 5.82 Å². The van der Waals surface area contributed by atoms with E-state index < -0.39 is 0 Å². The number of rotatable bonds is 5. The summed E-state index contributed by atoms with van der Waals surface area (Å²) in [7, 11) is 1.50. The summed E-state index contributed by atoms with van der Waals surface area (Å²) in [6, 6.07) is 63.0. The van der Waals surface area contributed by atoms with E-state index in [9.17, 15) is 0 Å².